The minimum atomic E-state index is -1.46. The van der Waals surface area contributed by atoms with Gasteiger partial charge in [0, 0.05) is 137 Å². The Bertz CT molecular complexity index is 2620. The smallest absolute Gasteiger partial charge is 0.222 e. The molecule has 0 aromatic heterocycles. The zero-order chi connectivity index (χ0) is 85.9. The molecule has 18 N–H and O–H groups in total. The first-order valence-electron chi connectivity index (χ1n) is 41.3. The van der Waals surface area contributed by atoms with Gasteiger partial charge in [0.25, 0.3) is 0 Å². The van der Waals surface area contributed by atoms with Crippen LogP contribution in [0.4, 0.5) is 0 Å². The van der Waals surface area contributed by atoms with E-state index >= 15 is 0 Å². The van der Waals surface area contributed by atoms with Gasteiger partial charge in [-0.05, 0) is 77.0 Å². The second kappa shape index (κ2) is 59.5. The molecule has 15 atom stereocenters. The Morgan fingerprint density at radius 3 is 0.914 bits per heavy atom. The molecule has 6 unspecified atom stereocenters. The van der Waals surface area contributed by atoms with Gasteiger partial charge in [0.15, 0.2) is 18.9 Å². The number of aliphatic hydroxyl groups excluding tert-OH is 9. The highest BCUT2D eigenvalue weighted by Crippen LogP contribution is 2.27. The van der Waals surface area contributed by atoms with E-state index in [0.29, 0.717) is 77.0 Å². The lowest BCUT2D eigenvalue weighted by Crippen LogP contribution is -2.64. The van der Waals surface area contributed by atoms with Gasteiger partial charge >= 0.3 is 0 Å². The number of nitrogens with one attached hydrogen (secondary N) is 9. The minimum absolute atomic E-state index is 0.00221. The minimum Gasteiger partial charge on any atom is -0.394 e. The maximum absolute atomic E-state index is 14.0. The fourth-order valence-electron chi connectivity index (χ4n) is 12.9. The Morgan fingerprint density at radius 1 is 0.319 bits per heavy atom. The van der Waals surface area contributed by atoms with Crippen molar-refractivity contribution in [2.24, 2.45) is 5.41 Å². The lowest BCUT2D eigenvalue weighted by Gasteiger charge is -2.42. The van der Waals surface area contributed by atoms with Crippen molar-refractivity contribution < 1.29 is 141 Å². The molecular weight excluding hydrogens is 1530 g/mol. The third kappa shape index (κ3) is 43.7. The van der Waals surface area contributed by atoms with Crippen LogP contribution in [-0.4, -0.2) is 320 Å². The largest absolute Gasteiger partial charge is 0.394 e. The third-order valence-electron chi connectivity index (χ3n) is 19.6. The highest BCUT2D eigenvalue weighted by Gasteiger charge is 2.48. The summed E-state index contributed by atoms with van der Waals surface area (Å²) >= 11 is 0. The summed E-state index contributed by atoms with van der Waals surface area (Å²) in [4.78, 5) is 139. The van der Waals surface area contributed by atoms with Crippen LogP contribution >= 0.6 is 0 Å². The number of unbranched alkanes of at least 4 members (excludes halogenated alkanes) is 11. The Balaban J connectivity index is 1.57. The van der Waals surface area contributed by atoms with Crippen LogP contribution in [0.5, 0.6) is 0 Å². The quantitative estimate of drug-likeness (QED) is 0.0295. The molecule has 0 saturated carbocycles. The monoisotopic (exact) mass is 1670 g/mol. The van der Waals surface area contributed by atoms with Crippen LogP contribution in [0.2, 0.25) is 0 Å². The predicted molar refractivity (Wildman–Crippen MR) is 416 cm³/mol. The molecule has 9 amide bonds. The number of ether oxygens (including phenoxy) is 9. The van der Waals surface area contributed by atoms with E-state index in [4.69, 9.17) is 42.6 Å². The first-order chi connectivity index (χ1) is 55.3. The molecule has 3 heterocycles. The molecule has 38 heteroatoms. The Kier molecular flexibility index (Phi) is 53.4. The fraction of sp³-hybridized carbons (Fsp3) is 0.859. The summed E-state index contributed by atoms with van der Waals surface area (Å²) in [5.74, 6) is -3.12. The van der Waals surface area contributed by atoms with E-state index in [1.54, 1.807) is 0 Å². The van der Waals surface area contributed by atoms with Gasteiger partial charge in [-0.15, -0.1) is 0 Å². The molecule has 0 aliphatic carbocycles. The van der Waals surface area contributed by atoms with Crippen LogP contribution in [-0.2, 0) is 95.4 Å². The van der Waals surface area contributed by atoms with Crippen molar-refractivity contribution in [2.45, 2.75) is 312 Å². The second-order valence-corrected chi connectivity index (χ2v) is 31.0. The van der Waals surface area contributed by atoms with E-state index in [2.05, 4.69) is 47.9 Å². The molecule has 0 aromatic carbocycles. The molecule has 38 nitrogen and oxygen atoms in total. The first kappa shape index (κ1) is 104. The van der Waals surface area contributed by atoms with Crippen LogP contribution < -0.4 is 47.9 Å². The van der Waals surface area contributed by atoms with Crippen LogP contribution in [0.25, 0.3) is 0 Å². The van der Waals surface area contributed by atoms with Gasteiger partial charge in [0.05, 0.1) is 59.5 Å². The van der Waals surface area contributed by atoms with Crippen molar-refractivity contribution in [1.29, 1.82) is 0 Å². The molecular formula is C78H139N9O29. The molecule has 3 fully saturated rings. The molecule has 3 aliphatic heterocycles. The standard InChI is InChI=1S/C78H139N9O29/c1-51(91)84-65-71(105)68(102)55(45-88)114-74(65)111-39-20-16-26-54(94)25-15-19-34-79-61(98)31-42-108-48-78(87-64(101)30-14-12-10-8-7-9-11-13-27-58(95)77(4,5)6,49-109-43-32-62(99)82-37-23-35-80-59(96)28-17-21-40-112-75-66(85-52(2)92)72(106)69(103)56(46-89)115-75)50-110-44-33-63(100)83-38-24-36-81-60(97)29-18-22-41-113-76-67(86-53(3)93)73(107)70(104)57(47-90)116-76/h55-57,65-76,88-90,102-107H,7-50H2,1-6H3,(H,79,98)(H,80,96)(H,81,97)(H,82,99)(H,83,100)(H,84,91)(H,85,92)(H,86,93)(H,87,101)/t55?,56?,57?,65?,66?,67?,68-,69-,70-,71-,72-,73-,74-,75-,76-,78?/m1/s1. The summed E-state index contributed by atoms with van der Waals surface area (Å²) in [6.07, 6.45) is -3.07. The molecule has 0 bridgehead atoms. The summed E-state index contributed by atoms with van der Waals surface area (Å²) in [7, 11) is 0. The van der Waals surface area contributed by atoms with Crippen molar-refractivity contribution in [3.63, 3.8) is 0 Å². The van der Waals surface area contributed by atoms with Crippen molar-refractivity contribution in [1.82, 2.24) is 47.9 Å². The second-order valence-electron chi connectivity index (χ2n) is 31.0. The van der Waals surface area contributed by atoms with E-state index in [-0.39, 0.29) is 196 Å². The molecule has 116 heavy (non-hydrogen) atoms. The molecule has 3 rings (SSSR count). The number of carbonyl (C=O) groups excluding carboxylic acids is 11. The van der Waals surface area contributed by atoms with Gasteiger partial charge in [-0.3, -0.25) is 52.7 Å². The highest BCUT2D eigenvalue weighted by atomic mass is 16.7. The number of Topliss-reactive ketones (excluding diaryl/α,β-unsaturated/α-hetero) is 2. The van der Waals surface area contributed by atoms with E-state index < -0.39 is 135 Å². The summed E-state index contributed by atoms with van der Waals surface area (Å²) in [5.41, 5.74) is -1.76. The summed E-state index contributed by atoms with van der Waals surface area (Å²) in [6, 6.07) is -3.27. The maximum Gasteiger partial charge on any atom is 0.222 e. The van der Waals surface area contributed by atoms with Gasteiger partial charge < -0.3 is 136 Å². The molecule has 0 spiro atoms. The zero-order valence-corrected chi connectivity index (χ0v) is 69.0. The van der Waals surface area contributed by atoms with Crippen LogP contribution in [0.1, 0.15) is 215 Å². The number of amides is 9. The maximum atomic E-state index is 14.0. The third-order valence-corrected chi connectivity index (χ3v) is 19.6. The molecule has 3 aliphatic rings. The average molecular weight is 1670 g/mol. The molecule has 670 valence electrons. The van der Waals surface area contributed by atoms with Crippen molar-refractivity contribution in [3.05, 3.63) is 0 Å². The lowest BCUT2D eigenvalue weighted by atomic mass is 9.88. The van der Waals surface area contributed by atoms with Gasteiger partial charge in [0.2, 0.25) is 53.2 Å². The SMILES string of the molecule is CC(=O)NC1[C@H](OCCCCC(=O)CCCCNC(=O)CCOCC(COCCC(=O)NCCCNC(=O)CCCCO[C@@H]2OC(CO)[C@@H](O)[C@H](O)C2NC(C)=O)(COCCC(=O)NCCCNC(=O)CCCCO[C@@H]2OC(CO)[C@@H](O)[C@H](O)C2NC(C)=O)NC(=O)CCCCCCCCCCC(=O)C(C)(C)C)OC(CO)[C@@H](O)[C@@H]1O. The van der Waals surface area contributed by atoms with Crippen molar-refractivity contribution >= 4 is 64.7 Å². The predicted octanol–water partition coefficient (Wildman–Crippen LogP) is -1.93. The normalized spacial score (nSPS) is 23.9. The Hall–Kier alpha value is -6.15. The van der Waals surface area contributed by atoms with Crippen molar-refractivity contribution in [2.75, 3.05) is 112 Å². The molecule has 0 radical (unpaired) electrons. The van der Waals surface area contributed by atoms with Gasteiger partial charge in [0.1, 0.15) is 90.2 Å². The van der Waals surface area contributed by atoms with Gasteiger partial charge in [-0.1, -0.05) is 59.3 Å². The number of ketones is 2. The number of carbonyl (C=O) groups is 11. The fourth-order valence-corrected chi connectivity index (χ4v) is 12.9. The van der Waals surface area contributed by atoms with Crippen LogP contribution in [0.3, 0.4) is 0 Å². The summed E-state index contributed by atoms with van der Waals surface area (Å²) in [6.45, 7) is 8.17. The summed E-state index contributed by atoms with van der Waals surface area (Å²) < 4.78 is 52.3. The Morgan fingerprint density at radius 2 is 0.595 bits per heavy atom. The van der Waals surface area contributed by atoms with E-state index in [9.17, 15) is 98.7 Å². The van der Waals surface area contributed by atoms with E-state index in [1.165, 1.54) is 20.8 Å². The zero-order valence-electron chi connectivity index (χ0n) is 69.0. The Labute approximate surface area is 681 Å². The number of rotatable bonds is 64. The van der Waals surface area contributed by atoms with E-state index in [1.807, 2.05) is 20.8 Å². The number of aliphatic hydroxyl groups is 9. The highest BCUT2D eigenvalue weighted by molar-refractivity contribution is 5.83. The number of hydrogen-bond donors (Lipinski definition) is 18. The van der Waals surface area contributed by atoms with Gasteiger partial charge in [-0.25, -0.2) is 0 Å². The van der Waals surface area contributed by atoms with E-state index in [0.717, 1.165) is 44.9 Å². The first-order valence-corrected chi connectivity index (χ1v) is 41.3. The number of hydrogen-bond acceptors (Lipinski definition) is 29. The van der Waals surface area contributed by atoms with Crippen LogP contribution in [0.15, 0.2) is 0 Å². The molecule has 3 saturated heterocycles. The summed E-state index contributed by atoms with van der Waals surface area (Å²) in [5, 5.41) is 116. The van der Waals surface area contributed by atoms with Gasteiger partial charge in [-0.2, -0.15) is 0 Å². The van der Waals surface area contributed by atoms with Crippen molar-refractivity contribution in [3.8, 4) is 0 Å². The molecule has 0 aromatic rings. The average Bonchev–Trinajstić information content (AvgIpc) is 0.816. The lowest BCUT2D eigenvalue weighted by molar-refractivity contribution is -0.270. The topological polar surface area (TPSA) is 561 Å². The van der Waals surface area contributed by atoms with Crippen LogP contribution in [0, 0.1) is 5.41 Å².